The molecule has 1 saturated heterocycles. The number of hydrogen-bond donors (Lipinski definition) is 1. The number of nitrogens with zero attached hydrogens (tertiary/aromatic N) is 1. The predicted octanol–water partition coefficient (Wildman–Crippen LogP) is 3.68. The number of nitrogens with two attached hydrogens (primary N) is 1. The molecule has 0 unspecified atom stereocenters. The van der Waals surface area contributed by atoms with E-state index in [1.807, 2.05) is 19.9 Å². The van der Waals surface area contributed by atoms with Crippen molar-refractivity contribution in [1.29, 1.82) is 0 Å². The van der Waals surface area contributed by atoms with Crippen LogP contribution in [0.4, 0.5) is 11.4 Å². The van der Waals surface area contributed by atoms with Crippen molar-refractivity contribution >= 4 is 11.4 Å². The molecule has 0 amide bonds. The molecule has 0 atom stereocenters. The molecule has 1 aliphatic heterocycles. The van der Waals surface area contributed by atoms with Crippen LogP contribution < -0.4 is 15.4 Å². The van der Waals surface area contributed by atoms with Crippen molar-refractivity contribution in [3.8, 4) is 5.75 Å². The number of ether oxygens (including phenoxy) is 1. The van der Waals surface area contributed by atoms with Crippen molar-refractivity contribution in [2.75, 3.05) is 23.7 Å². The highest BCUT2D eigenvalue weighted by molar-refractivity contribution is 5.62. The van der Waals surface area contributed by atoms with Crippen LogP contribution in [-0.2, 0) is 0 Å². The summed E-state index contributed by atoms with van der Waals surface area (Å²) in [6, 6.07) is 6.13. The van der Waals surface area contributed by atoms with E-state index in [1.165, 1.54) is 18.5 Å². The molecule has 0 saturated carbocycles. The molecule has 1 fully saturated rings. The molecule has 0 aromatic heterocycles. The van der Waals surface area contributed by atoms with Crippen molar-refractivity contribution in [3.63, 3.8) is 0 Å². The lowest BCUT2D eigenvalue weighted by atomic mass is 9.84. The molecule has 3 nitrogen and oxygen atoms in total. The van der Waals surface area contributed by atoms with Gasteiger partial charge >= 0.3 is 0 Å². The van der Waals surface area contributed by atoms with E-state index in [1.54, 1.807) is 0 Å². The van der Waals surface area contributed by atoms with Gasteiger partial charge in [-0.05, 0) is 44.2 Å². The second kappa shape index (κ2) is 5.32. The fourth-order valence-electron chi connectivity index (χ4n) is 2.72. The Balaban J connectivity index is 2.20. The van der Waals surface area contributed by atoms with Gasteiger partial charge in [0.25, 0.3) is 0 Å². The molecule has 1 aromatic carbocycles. The molecule has 0 radical (unpaired) electrons. The number of hydrogen-bond acceptors (Lipinski definition) is 3. The van der Waals surface area contributed by atoms with E-state index in [-0.39, 0.29) is 6.10 Å². The Hall–Kier alpha value is -1.38. The van der Waals surface area contributed by atoms with E-state index in [0.717, 1.165) is 18.8 Å². The van der Waals surface area contributed by atoms with Gasteiger partial charge in [-0.3, -0.25) is 0 Å². The maximum atomic E-state index is 5.98. The van der Waals surface area contributed by atoms with Gasteiger partial charge in [0.1, 0.15) is 5.75 Å². The van der Waals surface area contributed by atoms with Crippen LogP contribution >= 0.6 is 0 Å². The van der Waals surface area contributed by atoms with Crippen molar-refractivity contribution in [2.24, 2.45) is 5.41 Å². The first-order valence-electron chi connectivity index (χ1n) is 7.18. The number of nitrogen functional groups attached to an aromatic ring is 1. The molecule has 1 aromatic rings. The van der Waals surface area contributed by atoms with Crippen molar-refractivity contribution in [1.82, 2.24) is 0 Å². The second-order valence-corrected chi connectivity index (χ2v) is 6.58. The molecule has 106 valence electrons. The summed E-state index contributed by atoms with van der Waals surface area (Å²) in [6.07, 6.45) is 2.70. The standard InChI is InChI=1S/C16H26N2O/c1-12(2)19-15-10-13(6-7-14(15)17)18-9-5-8-16(3,4)11-18/h6-7,10,12H,5,8-9,11,17H2,1-4H3. The van der Waals surface area contributed by atoms with Gasteiger partial charge in [-0.2, -0.15) is 0 Å². The fourth-order valence-corrected chi connectivity index (χ4v) is 2.72. The topological polar surface area (TPSA) is 38.5 Å². The fraction of sp³-hybridized carbons (Fsp3) is 0.625. The molecule has 0 bridgehead atoms. The number of rotatable bonds is 3. The highest BCUT2D eigenvalue weighted by Gasteiger charge is 2.26. The first-order chi connectivity index (χ1) is 8.87. The summed E-state index contributed by atoms with van der Waals surface area (Å²) < 4.78 is 5.78. The minimum absolute atomic E-state index is 0.148. The number of anilines is 2. The largest absolute Gasteiger partial charge is 0.489 e. The zero-order valence-corrected chi connectivity index (χ0v) is 12.6. The maximum Gasteiger partial charge on any atom is 0.144 e. The summed E-state index contributed by atoms with van der Waals surface area (Å²) in [7, 11) is 0. The summed E-state index contributed by atoms with van der Waals surface area (Å²) in [5.74, 6) is 0.802. The Morgan fingerprint density at radius 1 is 1.32 bits per heavy atom. The Morgan fingerprint density at radius 2 is 2.05 bits per heavy atom. The summed E-state index contributed by atoms with van der Waals surface area (Å²) in [4.78, 5) is 2.44. The lowest BCUT2D eigenvalue weighted by Gasteiger charge is -2.39. The van der Waals surface area contributed by atoms with E-state index in [9.17, 15) is 0 Å². The molecule has 3 heteroatoms. The minimum Gasteiger partial charge on any atom is -0.489 e. The van der Waals surface area contributed by atoms with Crippen molar-refractivity contribution in [3.05, 3.63) is 18.2 Å². The van der Waals surface area contributed by atoms with Crippen LogP contribution in [0.2, 0.25) is 0 Å². The lowest BCUT2D eigenvalue weighted by molar-refractivity contribution is 0.243. The van der Waals surface area contributed by atoms with E-state index < -0.39 is 0 Å². The molecule has 19 heavy (non-hydrogen) atoms. The normalized spacial score (nSPS) is 18.7. The van der Waals surface area contributed by atoms with Gasteiger partial charge in [0.05, 0.1) is 11.8 Å². The van der Waals surface area contributed by atoms with Gasteiger partial charge in [-0.15, -0.1) is 0 Å². The number of benzene rings is 1. The Kier molecular flexibility index (Phi) is 3.93. The van der Waals surface area contributed by atoms with Gasteiger partial charge in [-0.25, -0.2) is 0 Å². The van der Waals surface area contributed by atoms with Gasteiger partial charge in [-0.1, -0.05) is 13.8 Å². The molecule has 2 rings (SSSR count). The van der Waals surface area contributed by atoms with Crippen LogP contribution in [-0.4, -0.2) is 19.2 Å². The van der Waals surface area contributed by atoms with E-state index >= 15 is 0 Å². The third-order valence-electron chi connectivity index (χ3n) is 3.63. The third kappa shape index (κ3) is 3.55. The van der Waals surface area contributed by atoms with Gasteiger partial charge in [0.2, 0.25) is 0 Å². The molecule has 0 aliphatic carbocycles. The van der Waals surface area contributed by atoms with E-state index in [4.69, 9.17) is 10.5 Å². The quantitative estimate of drug-likeness (QED) is 0.844. The predicted molar refractivity (Wildman–Crippen MR) is 81.8 cm³/mol. The maximum absolute atomic E-state index is 5.98. The minimum atomic E-state index is 0.148. The first-order valence-corrected chi connectivity index (χ1v) is 7.18. The van der Waals surface area contributed by atoms with Crippen molar-refractivity contribution in [2.45, 2.75) is 46.6 Å². The Bertz CT molecular complexity index is 440. The second-order valence-electron chi connectivity index (χ2n) is 6.58. The Labute approximate surface area is 116 Å². The highest BCUT2D eigenvalue weighted by Crippen LogP contribution is 2.34. The van der Waals surface area contributed by atoms with E-state index in [0.29, 0.717) is 11.1 Å². The third-order valence-corrected chi connectivity index (χ3v) is 3.63. The van der Waals surface area contributed by atoms with Crippen LogP contribution in [0.1, 0.15) is 40.5 Å². The van der Waals surface area contributed by atoms with Gasteiger partial charge in [0, 0.05) is 24.8 Å². The van der Waals surface area contributed by atoms with Crippen LogP contribution in [0, 0.1) is 5.41 Å². The highest BCUT2D eigenvalue weighted by atomic mass is 16.5. The zero-order valence-electron chi connectivity index (χ0n) is 12.6. The average molecular weight is 262 g/mol. The summed E-state index contributed by atoms with van der Waals surface area (Å²) >= 11 is 0. The average Bonchev–Trinajstić information content (AvgIpc) is 2.30. The lowest BCUT2D eigenvalue weighted by Crippen LogP contribution is -2.40. The van der Waals surface area contributed by atoms with Crippen LogP contribution in [0.15, 0.2) is 18.2 Å². The number of piperidine rings is 1. The smallest absolute Gasteiger partial charge is 0.144 e. The molecular weight excluding hydrogens is 236 g/mol. The summed E-state index contributed by atoms with van der Waals surface area (Å²) in [6.45, 7) is 10.9. The summed E-state index contributed by atoms with van der Waals surface area (Å²) in [5, 5.41) is 0. The van der Waals surface area contributed by atoms with Crippen molar-refractivity contribution < 1.29 is 4.74 Å². The van der Waals surface area contributed by atoms with Crippen LogP contribution in [0.5, 0.6) is 5.75 Å². The zero-order chi connectivity index (χ0) is 14.0. The van der Waals surface area contributed by atoms with Crippen LogP contribution in [0.3, 0.4) is 0 Å². The monoisotopic (exact) mass is 262 g/mol. The van der Waals surface area contributed by atoms with E-state index in [2.05, 4.69) is 30.9 Å². The van der Waals surface area contributed by atoms with Gasteiger partial charge in [0.15, 0.2) is 0 Å². The molecule has 0 spiro atoms. The summed E-state index contributed by atoms with van der Waals surface area (Å²) in [5.41, 5.74) is 8.30. The van der Waals surface area contributed by atoms with Crippen LogP contribution in [0.25, 0.3) is 0 Å². The Morgan fingerprint density at radius 3 is 2.68 bits per heavy atom. The SMILES string of the molecule is CC(C)Oc1cc(N2CCCC(C)(C)C2)ccc1N. The molecule has 1 heterocycles. The molecule has 2 N–H and O–H groups in total. The first kappa shape index (κ1) is 14.0. The molecular formula is C16H26N2O. The van der Waals surface area contributed by atoms with Gasteiger partial charge < -0.3 is 15.4 Å². The molecule has 1 aliphatic rings.